The average Bonchev–Trinajstić information content (AvgIpc) is 3.20. The molecular formula is C50H44O4P2. The van der Waals surface area contributed by atoms with Crippen LogP contribution in [0, 0.1) is 0 Å². The Morgan fingerprint density at radius 1 is 0.339 bits per heavy atom. The molecule has 0 aliphatic rings. The van der Waals surface area contributed by atoms with E-state index in [1.807, 2.05) is 182 Å². The molecule has 4 nitrogen and oxygen atoms in total. The summed E-state index contributed by atoms with van der Waals surface area (Å²) in [6.45, 7) is 0. The molecule has 0 heterocycles. The highest BCUT2D eigenvalue weighted by Gasteiger charge is 2.31. The van der Waals surface area contributed by atoms with E-state index in [-0.39, 0.29) is 23.8 Å². The van der Waals surface area contributed by atoms with E-state index in [4.69, 9.17) is 0 Å². The summed E-state index contributed by atoms with van der Waals surface area (Å²) in [6.07, 6.45) is 1.86. The van der Waals surface area contributed by atoms with E-state index in [0.717, 1.165) is 43.8 Å². The van der Waals surface area contributed by atoms with Crippen molar-refractivity contribution in [2.75, 3.05) is 0 Å². The number of phenols is 2. The Balaban J connectivity index is 1.29. The topological polar surface area (TPSA) is 74.6 Å². The number of phenolic OH excluding ortho intramolecular Hbond substituents is 2. The van der Waals surface area contributed by atoms with Gasteiger partial charge in [-0.1, -0.05) is 170 Å². The first-order valence-electron chi connectivity index (χ1n) is 19.0. The van der Waals surface area contributed by atoms with E-state index in [0.29, 0.717) is 46.9 Å². The number of hydrogen-bond acceptors (Lipinski definition) is 4. The Kier molecular flexibility index (Phi) is 10.8. The third-order valence-corrected chi connectivity index (χ3v) is 16.2. The third-order valence-electron chi connectivity index (χ3n) is 10.6. The molecule has 0 bridgehead atoms. The van der Waals surface area contributed by atoms with Crippen LogP contribution in [0.25, 0.3) is 32.7 Å². The van der Waals surface area contributed by atoms with Crippen molar-refractivity contribution in [1.29, 1.82) is 0 Å². The summed E-state index contributed by atoms with van der Waals surface area (Å²) in [5.74, 6) is -0.00110. The Hall–Kier alpha value is -5.66. The van der Waals surface area contributed by atoms with Crippen molar-refractivity contribution in [2.24, 2.45) is 0 Å². The van der Waals surface area contributed by atoms with Crippen LogP contribution in [0.15, 0.2) is 182 Å². The summed E-state index contributed by atoms with van der Waals surface area (Å²) >= 11 is 0. The van der Waals surface area contributed by atoms with Crippen LogP contribution in [0.4, 0.5) is 0 Å². The van der Waals surface area contributed by atoms with Gasteiger partial charge in [0, 0.05) is 59.2 Å². The van der Waals surface area contributed by atoms with Gasteiger partial charge in [0.05, 0.1) is 0 Å². The van der Waals surface area contributed by atoms with Crippen molar-refractivity contribution in [2.45, 2.75) is 37.0 Å². The molecule has 8 aromatic carbocycles. The highest BCUT2D eigenvalue weighted by atomic mass is 31.2. The fourth-order valence-electron chi connectivity index (χ4n) is 8.16. The molecule has 0 aromatic heterocycles. The van der Waals surface area contributed by atoms with Gasteiger partial charge in [-0.25, -0.2) is 0 Å². The molecular weight excluding hydrogens is 726 g/mol. The first-order valence-corrected chi connectivity index (χ1v) is 23.6. The van der Waals surface area contributed by atoms with E-state index >= 15 is 9.13 Å². The van der Waals surface area contributed by atoms with E-state index in [1.165, 1.54) is 0 Å². The smallest absolute Gasteiger partial charge is 0.127 e. The highest BCUT2D eigenvalue weighted by molar-refractivity contribution is 7.61. The summed E-state index contributed by atoms with van der Waals surface area (Å²) in [6, 6.07) is 59.2. The lowest BCUT2D eigenvalue weighted by Crippen LogP contribution is -2.01. The fraction of sp³-hybridized carbons (Fsp3) is 0.120. The van der Waals surface area contributed by atoms with Gasteiger partial charge in [0.15, 0.2) is 0 Å². The van der Waals surface area contributed by atoms with E-state index in [1.54, 1.807) is 0 Å². The van der Waals surface area contributed by atoms with Gasteiger partial charge in [-0.15, -0.1) is 0 Å². The molecule has 0 radical (unpaired) electrons. The molecule has 278 valence electrons. The lowest BCUT2D eigenvalue weighted by Gasteiger charge is -2.24. The molecule has 0 aliphatic heterocycles. The third kappa shape index (κ3) is 8.29. The predicted octanol–water partition coefficient (Wildman–Crippen LogP) is 13.6. The summed E-state index contributed by atoms with van der Waals surface area (Å²) in [7, 11) is -6.05. The van der Waals surface area contributed by atoms with Gasteiger partial charge in [0.25, 0.3) is 0 Å². The first-order chi connectivity index (χ1) is 27.3. The molecule has 0 atom stereocenters. The highest BCUT2D eigenvalue weighted by Crippen LogP contribution is 2.60. The maximum Gasteiger partial charge on any atom is 0.127 e. The van der Waals surface area contributed by atoms with Gasteiger partial charge in [0.2, 0.25) is 0 Å². The van der Waals surface area contributed by atoms with Gasteiger partial charge < -0.3 is 19.3 Å². The molecule has 0 fully saturated rings. The lowest BCUT2D eigenvalue weighted by molar-refractivity contribution is 0.465. The van der Waals surface area contributed by atoms with Crippen LogP contribution in [0.5, 0.6) is 11.5 Å². The molecule has 2 N–H and O–H groups in total. The van der Waals surface area contributed by atoms with E-state index in [2.05, 4.69) is 0 Å². The predicted molar refractivity (Wildman–Crippen MR) is 233 cm³/mol. The maximum atomic E-state index is 15.3. The quantitative estimate of drug-likeness (QED) is 0.115. The minimum atomic E-state index is -3.03. The minimum absolute atomic E-state index is 0.000551. The molecule has 56 heavy (non-hydrogen) atoms. The van der Waals surface area contributed by atoms with Crippen molar-refractivity contribution >= 4 is 35.8 Å². The van der Waals surface area contributed by atoms with E-state index in [9.17, 15) is 10.2 Å². The van der Waals surface area contributed by atoms with Crippen molar-refractivity contribution in [3.63, 3.8) is 0 Å². The van der Waals surface area contributed by atoms with Crippen LogP contribution in [0.2, 0.25) is 0 Å². The Morgan fingerprint density at radius 2 is 0.607 bits per heavy atom. The van der Waals surface area contributed by atoms with E-state index < -0.39 is 14.3 Å². The van der Waals surface area contributed by atoms with Gasteiger partial charge in [-0.3, -0.25) is 0 Å². The number of aromatic hydroxyl groups is 2. The van der Waals surface area contributed by atoms with Gasteiger partial charge in [-0.05, 0) is 55.9 Å². The maximum absolute atomic E-state index is 15.3. The summed E-state index contributed by atoms with van der Waals surface area (Å²) in [5.41, 5.74) is 6.06. The Labute approximate surface area is 328 Å². The average molecular weight is 771 g/mol. The van der Waals surface area contributed by atoms with Crippen molar-refractivity contribution in [3.05, 3.63) is 215 Å². The molecule has 8 rings (SSSR count). The van der Waals surface area contributed by atoms with Crippen LogP contribution >= 0.6 is 14.3 Å². The second-order valence-corrected chi connectivity index (χ2v) is 21.1. The first kappa shape index (κ1) is 37.3. The Morgan fingerprint density at radius 3 is 0.911 bits per heavy atom. The van der Waals surface area contributed by atoms with Gasteiger partial charge >= 0.3 is 0 Å². The molecule has 6 heteroatoms. The van der Waals surface area contributed by atoms with Crippen molar-refractivity contribution < 1.29 is 19.3 Å². The van der Waals surface area contributed by atoms with Gasteiger partial charge in [-0.2, -0.15) is 0 Å². The van der Waals surface area contributed by atoms with Crippen LogP contribution in [-0.2, 0) is 46.1 Å². The summed E-state index contributed by atoms with van der Waals surface area (Å²) in [4.78, 5) is 0. The zero-order valence-electron chi connectivity index (χ0n) is 31.2. The van der Waals surface area contributed by atoms with Crippen LogP contribution < -0.4 is 0 Å². The van der Waals surface area contributed by atoms with Crippen molar-refractivity contribution in [3.8, 4) is 22.6 Å². The summed E-state index contributed by atoms with van der Waals surface area (Å²) < 4.78 is 30.5. The normalized spacial score (nSPS) is 11.9. The second kappa shape index (κ2) is 16.2. The number of rotatable bonds is 13. The van der Waals surface area contributed by atoms with Crippen LogP contribution in [0.3, 0.4) is 0 Å². The molecule has 0 unspecified atom stereocenters. The molecule has 8 aromatic rings. The summed E-state index contributed by atoms with van der Waals surface area (Å²) in [5, 5.41) is 28.4. The molecule has 0 saturated heterocycles. The number of hydrogen-bond donors (Lipinski definition) is 2. The molecule has 0 spiro atoms. The monoisotopic (exact) mass is 770 g/mol. The SMILES string of the molecule is O=P(Cc1ccccc1)(Cc1ccccc1)Cc1cc2ccccc2c(-c2c(O)c(CP(=O)(Cc3ccccc3)Cc3ccccc3)cc3ccccc23)c1O. The molecule has 0 saturated carbocycles. The van der Waals surface area contributed by atoms with Gasteiger partial charge in [0.1, 0.15) is 25.8 Å². The minimum Gasteiger partial charge on any atom is -0.507 e. The zero-order valence-corrected chi connectivity index (χ0v) is 33.0. The number of fused-ring (bicyclic) bond motifs is 2. The largest absolute Gasteiger partial charge is 0.507 e. The standard InChI is InChI=1S/C50H44O4P2/c51-49-43(35-55(53,31-37-17-5-1-6-18-37)32-38-19-7-2-8-20-38)29-41-25-13-15-27-45(41)47(49)48-46-28-16-14-26-42(46)30-44(50(48)52)36-56(54,33-39-21-9-3-10-22-39)34-40-23-11-4-12-24-40/h1-30,51-52H,31-36H2. The molecule has 0 amide bonds. The lowest BCUT2D eigenvalue weighted by atomic mass is 9.89. The Bertz CT molecular complexity index is 2430. The zero-order chi connectivity index (χ0) is 38.5. The number of benzene rings is 8. The molecule has 0 aliphatic carbocycles. The van der Waals surface area contributed by atoms with Crippen LogP contribution in [-0.4, -0.2) is 10.2 Å². The van der Waals surface area contributed by atoms with Crippen molar-refractivity contribution in [1.82, 2.24) is 0 Å². The fourth-order valence-corrected chi connectivity index (χ4v) is 14.1. The second-order valence-electron chi connectivity index (χ2n) is 15.0. The van der Waals surface area contributed by atoms with Crippen LogP contribution in [0.1, 0.15) is 33.4 Å².